The summed E-state index contributed by atoms with van der Waals surface area (Å²) in [6.07, 6.45) is -4.49. The minimum Gasteiger partial charge on any atom is -0.378 e. The molecule has 4 aromatic rings. The van der Waals surface area contributed by atoms with E-state index < -0.39 is 29.0 Å². The van der Waals surface area contributed by atoms with E-state index in [1.807, 2.05) is 0 Å². The largest absolute Gasteiger partial charge is 0.460 e. The molecule has 0 fully saturated rings. The summed E-state index contributed by atoms with van der Waals surface area (Å²) in [6.45, 7) is 2.90. The third-order valence-corrected chi connectivity index (χ3v) is 5.83. The Hall–Kier alpha value is -4.54. The molecule has 0 aliphatic heterocycles. The number of nitrogens with one attached hydrogen (secondary N) is 1. The van der Waals surface area contributed by atoms with Crippen molar-refractivity contribution < 1.29 is 27.6 Å². The monoisotopic (exact) mass is 574 g/mol. The van der Waals surface area contributed by atoms with E-state index in [1.165, 1.54) is 30.5 Å². The maximum absolute atomic E-state index is 13.3. The van der Waals surface area contributed by atoms with Crippen LogP contribution >= 0.6 is 11.6 Å². The van der Waals surface area contributed by atoms with Crippen LogP contribution < -0.4 is 16.9 Å². The van der Waals surface area contributed by atoms with Crippen molar-refractivity contribution in [1.29, 1.82) is 0 Å². The average molecular weight is 575 g/mol. The van der Waals surface area contributed by atoms with Gasteiger partial charge in [-0.3, -0.25) is 9.32 Å². The zero-order valence-corrected chi connectivity index (χ0v) is 21.8. The first kappa shape index (κ1) is 28.5. The molecular weight excluding hydrogens is 553 g/mol. The topological polar surface area (TPSA) is 141 Å². The molecule has 0 bridgehead atoms. The number of carbonyl (C=O) groups is 1. The first-order chi connectivity index (χ1) is 18.7. The number of carbonyl (C=O) groups excluding carboxylic acids is 1. The van der Waals surface area contributed by atoms with Gasteiger partial charge in [-0.05, 0) is 54.6 Å². The number of nitrogens with zero attached hydrogens (tertiary/aromatic N) is 4. The van der Waals surface area contributed by atoms with E-state index in [1.54, 1.807) is 24.3 Å². The van der Waals surface area contributed by atoms with E-state index in [4.69, 9.17) is 17.4 Å². The molecule has 10 nitrogen and oxygen atoms in total. The maximum Gasteiger partial charge on any atom is 0.460 e. The lowest BCUT2D eigenvalue weighted by molar-refractivity contribution is -0.137. The Labute approximate surface area is 230 Å². The molecule has 0 atom stereocenters. The predicted molar refractivity (Wildman–Crippen MR) is 138 cm³/mol. The second kappa shape index (κ2) is 10.9. The number of nitrogens with two attached hydrogens (primary N) is 1. The van der Waals surface area contributed by atoms with Gasteiger partial charge < -0.3 is 20.8 Å². The SMILES string of the molecule is CC(C)(O)C#Cc1nc(Cl)n(Cc2ccc(C(F)(F)F)cc2)c1C(=O)NCc1ccc(-c2noc(=O)n2N)cc1. The Balaban J connectivity index is 1.59. The number of amides is 1. The number of imidazole rings is 1. The summed E-state index contributed by atoms with van der Waals surface area (Å²) in [4.78, 5) is 28.9. The number of halogens is 4. The van der Waals surface area contributed by atoms with Crippen LogP contribution in [0.2, 0.25) is 5.28 Å². The average Bonchev–Trinajstić information content (AvgIpc) is 3.39. The zero-order chi connectivity index (χ0) is 29.2. The van der Waals surface area contributed by atoms with Crippen LogP contribution in [0, 0.1) is 11.8 Å². The van der Waals surface area contributed by atoms with Gasteiger partial charge in [0, 0.05) is 12.1 Å². The second-order valence-corrected chi connectivity index (χ2v) is 9.53. The lowest BCUT2D eigenvalue weighted by atomic mass is 10.1. The van der Waals surface area contributed by atoms with Crippen molar-refractivity contribution >= 4 is 17.5 Å². The highest BCUT2D eigenvalue weighted by Gasteiger charge is 2.30. The molecule has 0 spiro atoms. The maximum atomic E-state index is 13.3. The molecule has 0 saturated carbocycles. The van der Waals surface area contributed by atoms with E-state index in [9.17, 15) is 27.9 Å². The van der Waals surface area contributed by atoms with E-state index in [0.717, 1.165) is 16.8 Å². The summed E-state index contributed by atoms with van der Waals surface area (Å²) in [5.41, 5.74) is -0.633. The summed E-state index contributed by atoms with van der Waals surface area (Å²) in [5, 5.41) is 16.3. The quantitative estimate of drug-likeness (QED) is 0.237. The third-order valence-electron chi connectivity index (χ3n) is 5.55. The minimum atomic E-state index is -4.49. The molecular formula is C26H22ClF3N6O4. The highest BCUT2D eigenvalue weighted by molar-refractivity contribution is 6.29. The van der Waals surface area contributed by atoms with Crippen molar-refractivity contribution in [3.8, 4) is 23.2 Å². The normalized spacial score (nSPS) is 11.7. The molecule has 0 aliphatic rings. The number of nitrogen functional groups attached to an aromatic ring is 1. The molecule has 208 valence electrons. The molecule has 0 unspecified atom stereocenters. The van der Waals surface area contributed by atoms with Gasteiger partial charge in [0.25, 0.3) is 5.91 Å². The summed E-state index contributed by atoms with van der Waals surface area (Å²) in [6, 6.07) is 11.0. The van der Waals surface area contributed by atoms with Crippen LogP contribution in [0.1, 0.15) is 46.7 Å². The first-order valence-corrected chi connectivity index (χ1v) is 12.0. The fourth-order valence-corrected chi connectivity index (χ4v) is 3.80. The van der Waals surface area contributed by atoms with Gasteiger partial charge in [0.05, 0.1) is 12.1 Å². The van der Waals surface area contributed by atoms with E-state index in [0.29, 0.717) is 16.7 Å². The Kier molecular flexibility index (Phi) is 7.77. The smallest absolute Gasteiger partial charge is 0.378 e. The zero-order valence-electron chi connectivity index (χ0n) is 21.1. The molecule has 2 aromatic heterocycles. The molecule has 0 radical (unpaired) electrons. The van der Waals surface area contributed by atoms with Gasteiger partial charge in [-0.2, -0.15) is 17.8 Å². The number of aliphatic hydroxyl groups is 1. The van der Waals surface area contributed by atoms with Gasteiger partial charge in [0.1, 0.15) is 17.0 Å². The highest BCUT2D eigenvalue weighted by Crippen LogP contribution is 2.29. The van der Waals surface area contributed by atoms with Crippen molar-refractivity contribution in [2.75, 3.05) is 5.84 Å². The van der Waals surface area contributed by atoms with Crippen LogP contribution in [0.4, 0.5) is 13.2 Å². The fourth-order valence-electron chi connectivity index (χ4n) is 3.57. The van der Waals surface area contributed by atoms with Crippen LogP contribution in [0.25, 0.3) is 11.4 Å². The summed E-state index contributed by atoms with van der Waals surface area (Å²) < 4.78 is 45.5. The number of alkyl halides is 3. The van der Waals surface area contributed by atoms with Crippen LogP contribution in [0.15, 0.2) is 57.8 Å². The molecule has 0 saturated heterocycles. The van der Waals surface area contributed by atoms with Gasteiger partial charge in [0.15, 0.2) is 0 Å². The lowest BCUT2D eigenvalue weighted by Gasteiger charge is -2.12. The fraction of sp³-hybridized carbons (Fsp3) is 0.231. The summed E-state index contributed by atoms with van der Waals surface area (Å²) in [7, 11) is 0. The summed E-state index contributed by atoms with van der Waals surface area (Å²) in [5.74, 6) is 9.53. The van der Waals surface area contributed by atoms with Crippen LogP contribution in [0.3, 0.4) is 0 Å². The Morgan fingerprint density at radius 3 is 2.30 bits per heavy atom. The van der Waals surface area contributed by atoms with Crippen LogP contribution in [-0.4, -0.2) is 36.0 Å². The molecule has 40 heavy (non-hydrogen) atoms. The molecule has 2 heterocycles. The second-order valence-electron chi connectivity index (χ2n) is 9.19. The van der Waals surface area contributed by atoms with Crippen LogP contribution in [-0.2, 0) is 19.3 Å². The molecule has 1 amide bonds. The Morgan fingerprint density at radius 1 is 1.12 bits per heavy atom. The van der Waals surface area contributed by atoms with Crippen molar-refractivity contribution in [3.05, 3.63) is 92.4 Å². The van der Waals surface area contributed by atoms with Crippen molar-refractivity contribution in [2.45, 2.75) is 38.7 Å². The molecule has 0 aliphatic carbocycles. The van der Waals surface area contributed by atoms with Gasteiger partial charge in [-0.25, -0.2) is 9.78 Å². The van der Waals surface area contributed by atoms with Crippen LogP contribution in [0.5, 0.6) is 0 Å². The number of benzene rings is 2. The third kappa shape index (κ3) is 6.53. The molecule has 2 aromatic carbocycles. The Morgan fingerprint density at radius 2 is 1.75 bits per heavy atom. The number of rotatable bonds is 6. The number of hydrogen-bond donors (Lipinski definition) is 3. The molecule has 14 heteroatoms. The Bertz CT molecular complexity index is 1650. The summed E-state index contributed by atoms with van der Waals surface area (Å²) >= 11 is 6.32. The van der Waals surface area contributed by atoms with E-state index >= 15 is 0 Å². The van der Waals surface area contributed by atoms with E-state index in [-0.39, 0.29) is 35.6 Å². The van der Waals surface area contributed by atoms with Gasteiger partial charge in [-0.15, -0.1) is 0 Å². The van der Waals surface area contributed by atoms with Gasteiger partial charge in [0.2, 0.25) is 11.1 Å². The standard InChI is InChI=1S/C26H22ClF3N6O4/c1-25(2,39)12-11-19-20(35(23(27)33-19)14-16-5-9-18(10-6-16)26(28,29)30)22(37)32-13-15-3-7-17(8-4-15)21-34-40-24(38)36(21)31/h3-10,39H,13-14,31H2,1-2H3,(H,32,37). The predicted octanol–water partition coefficient (Wildman–Crippen LogP) is 3.19. The van der Waals surface area contributed by atoms with Gasteiger partial charge in [-0.1, -0.05) is 47.5 Å². The first-order valence-electron chi connectivity index (χ1n) is 11.6. The van der Waals surface area contributed by atoms with Gasteiger partial charge >= 0.3 is 11.9 Å². The minimum absolute atomic E-state index is 0.0150. The number of hydrogen-bond acceptors (Lipinski definition) is 7. The molecule has 4 rings (SSSR count). The van der Waals surface area contributed by atoms with Crippen molar-refractivity contribution in [3.63, 3.8) is 0 Å². The molecule has 4 N–H and O–H groups in total. The van der Waals surface area contributed by atoms with Crippen molar-refractivity contribution in [2.24, 2.45) is 0 Å². The highest BCUT2D eigenvalue weighted by atomic mass is 35.5. The van der Waals surface area contributed by atoms with Crippen molar-refractivity contribution in [1.82, 2.24) is 24.7 Å². The number of aromatic nitrogens is 4. The van der Waals surface area contributed by atoms with E-state index in [2.05, 4.69) is 31.8 Å². The lowest BCUT2D eigenvalue weighted by Crippen LogP contribution is -2.27.